The molecule has 0 aromatic heterocycles. The molecule has 1 aliphatic heterocycles. The smallest absolute Gasteiger partial charge is 0.259 e. The van der Waals surface area contributed by atoms with Crippen LogP contribution in [-0.4, -0.2) is 35.1 Å². The summed E-state index contributed by atoms with van der Waals surface area (Å²) in [6.07, 6.45) is 11.9. The summed E-state index contributed by atoms with van der Waals surface area (Å²) in [5.41, 5.74) is 3.21. The van der Waals surface area contributed by atoms with E-state index in [1.807, 2.05) is 6.08 Å². The zero-order chi connectivity index (χ0) is 18.3. The summed E-state index contributed by atoms with van der Waals surface area (Å²) in [6.45, 7) is 5.79. The van der Waals surface area contributed by atoms with E-state index in [1.54, 1.807) is 5.57 Å². The van der Waals surface area contributed by atoms with Crippen LogP contribution in [0.3, 0.4) is 0 Å². The number of nitrogens with zero attached hydrogens (tertiary/aromatic N) is 1. The summed E-state index contributed by atoms with van der Waals surface area (Å²) in [5, 5.41) is 0.674. The topological polar surface area (TPSA) is 29.5 Å². The molecule has 0 radical (unpaired) electrons. The largest absolute Gasteiger partial charge is 0.462 e. The number of rotatable bonds is 0. The van der Waals surface area contributed by atoms with Gasteiger partial charge in [-0.1, -0.05) is 31.1 Å². The molecule has 5 atom stereocenters. The molecule has 4 heteroatoms. The van der Waals surface area contributed by atoms with Gasteiger partial charge >= 0.3 is 0 Å². The van der Waals surface area contributed by atoms with E-state index < -0.39 is 0 Å². The zero-order valence-electron chi connectivity index (χ0n) is 16.1. The van der Waals surface area contributed by atoms with Crippen molar-refractivity contribution in [3.05, 3.63) is 23.3 Å². The van der Waals surface area contributed by atoms with E-state index >= 15 is 0 Å². The van der Waals surface area contributed by atoms with Crippen molar-refractivity contribution in [3.8, 4) is 0 Å². The van der Waals surface area contributed by atoms with Crippen LogP contribution in [0, 0.1) is 22.7 Å². The maximum absolute atomic E-state index is 12.0. The predicted molar refractivity (Wildman–Crippen MR) is 106 cm³/mol. The molecule has 0 N–H and O–H groups in total. The number of carbonyl (C=O) groups excluding carboxylic acids is 1. The fraction of sp³-hybridized carbons (Fsp3) is 0.727. The molecule has 4 aliphatic carbocycles. The van der Waals surface area contributed by atoms with Gasteiger partial charge in [-0.05, 0) is 68.7 Å². The van der Waals surface area contributed by atoms with E-state index in [4.69, 9.17) is 17.0 Å². The summed E-state index contributed by atoms with van der Waals surface area (Å²) in [7, 11) is 2.07. The van der Waals surface area contributed by atoms with Crippen LogP contribution in [0.2, 0.25) is 0 Å². The van der Waals surface area contributed by atoms with Crippen LogP contribution in [0.15, 0.2) is 23.3 Å². The molecular formula is C22H29NO2S. The summed E-state index contributed by atoms with van der Waals surface area (Å²) in [6, 6.07) is 0. The minimum Gasteiger partial charge on any atom is -0.462 e. The van der Waals surface area contributed by atoms with Crippen LogP contribution < -0.4 is 0 Å². The van der Waals surface area contributed by atoms with Gasteiger partial charge in [-0.15, -0.1) is 0 Å². The molecule has 1 saturated heterocycles. The molecule has 0 amide bonds. The lowest BCUT2D eigenvalue weighted by Crippen LogP contribution is -2.52. The van der Waals surface area contributed by atoms with Crippen molar-refractivity contribution in [1.29, 1.82) is 0 Å². The van der Waals surface area contributed by atoms with Gasteiger partial charge in [-0.3, -0.25) is 4.79 Å². The average molecular weight is 372 g/mol. The van der Waals surface area contributed by atoms with Crippen LogP contribution in [0.25, 0.3) is 0 Å². The third-order valence-corrected chi connectivity index (χ3v) is 9.11. The molecular weight excluding hydrogens is 342 g/mol. The van der Waals surface area contributed by atoms with Gasteiger partial charge in [0.1, 0.15) is 5.60 Å². The molecule has 3 fully saturated rings. The monoisotopic (exact) mass is 371 g/mol. The number of fused-ring (bicyclic) bond motifs is 6. The van der Waals surface area contributed by atoms with Crippen molar-refractivity contribution in [2.45, 2.75) is 64.4 Å². The number of hydrogen-bond donors (Lipinski definition) is 0. The molecule has 3 nitrogen and oxygen atoms in total. The van der Waals surface area contributed by atoms with Gasteiger partial charge in [0.05, 0.1) is 6.54 Å². The van der Waals surface area contributed by atoms with E-state index in [0.717, 1.165) is 32.2 Å². The van der Waals surface area contributed by atoms with Crippen LogP contribution in [0.1, 0.15) is 58.8 Å². The Balaban J connectivity index is 1.55. The van der Waals surface area contributed by atoms with Crippen LogP contribution in [-0.2, 0) is 9.53 Å². The fourth-order valence-corrected chi connectivity index (χ4v) is 7.32. The summed E-state index contributed by atoms with van der Waals surface area (Å²) >= 11 is 5.46. The van der Waals surface area contributed by atoms with Crippen LogP contribution in [0.4, 0.5) is 0 Å². The highest BCUT2D eigenvalue weighted by Crippen LogP contribution is 2.67. The highest BCUT2D eigenvalue weighted by molar-refractivity contribution is 7.80. The molecule has 5 rings (SSSR count). The predicted octanol–water partition coefficient (Wildman–Crippen LogP) is 4.42. The highest BCUT2D eigenvalue weighted by atomic mass is 32.1. The zero-order valence-corrected chi connectivity index (χ0v) is 17.0. The van der Waals surface area contributed by atoms with Crippen molar-refractivity contribution in [1.82, 2.24) is 4.90 Å². The second kappa shape index (κ2) is 5.21. The van der Waals surface area contributed by atoms with Crippen molar-refractivity contribution in [2.24, 2.45) is 22.7 Å². The third-order valence-electron chi connectivity index (χ3n) is 8.71. The second-order valence-corrected chi connectivity index (χ2v) is 10.1. The minimum absolute atomic E-state index is 0.106. The SMILES string of the molecule is CN1C[C@@]2(CCC3C4CCC5=CC(=O)CCC5(C)C4=CCC32C)OC1=S. The summed E-state index contributed by atoms with van der Waals surface area (Å²) < 4.78 is 6.39. The van der Waals surface area contributed by atoms with Crippen molar-refractivity contribution in [3.63, 3.8) is 0 Å². The average Bonchev–Trinajstić information content (AvgIpc) is 3.05. The van der Waals surface area contributed by atoms with E-state index in [-0.39, 0.29) is 16.4 Å². The molecule has 140 valence electrons. The van der Waals surface area contributed by atoms with E-state index in [2.05, 4.69) is 31.9 Å². The molecule has 2 saturated carbocycles. The van der Waals surface area contributed by atoms with Gasteiger partial charge in [-0.2, -0.15) is 0 Å². The van der Waals surface area contributed by atoms with Gasteiger partial charge in [0.2, 0.25) is 0 Å². The molecule has 0 aromatic rings. The van der Waals surface area contributed by atoms with Crippen molar-refractivity contribution < 1.29 is 9.53 Å². The van der Waals surface area contributed by atoms with Crippen LogP contribution >= 0.6 is 12.2 Å². The Morgan fingerprint density at radius 1 is 1.23 bits per heavy atom. The lowest BCUT2D eigenvalue weighted by atomic mass is 9.50. The first-order valence-electron chi connectivity index (χ1n) is 10.2. The Morgan fingerprint density at radius 3 is 2.77 bits per heavy atom. The van der Waals surface area contributed by atoms with E-state index in [0.29, 0.717) is 29.2 Å². The number of allylic oxidation sites excluding steroid dienone is 4. The van der Waals surface area contributed by atoms with Crippen LogP contribution in [0.5, 0.6) is 0 Å². The number of ether oxygens (including phenoxy) is 1. The number of carbonyl (C=O) groups is 1. The Morgan fingerprint density at radius 2 is 2.04 bits per heavy atom. The van der Waals surface area contributed by atoms with Gasteiger partial charge in [0.25, 0.3) is 5.17 Å². The highest BCUT2D eigenvalue weighted by Gasteiger charge is 2.65. The number of likely N-dealkylation sites (N-methyl/N-ethyl adjacent to an activating group) is 1. The Hall–Kier alpha value is -1.16. The molecule has 4 unspecified atom stereocenters. The van der Waals surface area contributed by atoms with E-state index in [9.17, 15) is 4.79 Å². The second-order valence-electron chi connectivity index (χ2n) is 9.76. The first-order chi connectivity index (χ1) is 12.3. The minimum atomic E-state index is -0.106. The number of thiocarbonyl (C=S) groups is 1. The summed E-state index contributed by atoms with van der Waals surface area (Å²) in [4.78, 5) is 14.1. The number of ketones is 1. The Kier molecular flexibility index (Phi) is 3.40. The fourth-order valence-electron chi connectivity index (χ4n) is 7.10. The quantitative estimate of drug-likeness (QED) is 0.465. The third kappa shape index (κ3) is 1.95. The molecule has 0 aromatic carbocycles. The molecule has 5 aliphatic rings. The first kappa shape index (κ1) is 17.0. The normalized spacial score (nSPS) is 47.1. The molecule has 1 heterocycles. The standard InChI is InChI=1S/C22H29NO2S/c1-20-9-6-15(24)12-14(20)4-5-16-17(20)7-10-21(2)18(16)8-11-22(21)13-23(3)19(26)25-22/h7,12,16,18H,4-6,8-11,13H2,1-3H3/t16?,18?,20?,21?,22-/m1/s1. The van der Waals surface area contributed by atoms with Crippen molar-refractivity contribution >= 4 is 23.2 Å². The lowest BCUT2D eigenvalue weighted by Gasteiger charge is -2.54. The van der Waals surface area contributed by atoms with Crippen molar-refractivity contribution in [2.75, 3.05) is 13.6 Å². The Bertz CT molecular complexity index is 770. The number of hydrogen-bond acceptors (Lipinski definition) is 3. The summed E-state index contributed by atoms with van der Waals surface area (Å²) in [5.74, 6) is 1.65. The maximum atomic E-state index is 12.0. The van der Waals surface area contributed by atoms with Gasteiger partial charge in [-0.25, -0.2) is 0 Å². The van der Waals surface area contributed by atoms with Gasteiger partial charge < -0.3 is 9.64 Å². The lowest BCUT2D eigenvalue weighted by molar-refractivity contribution is -0.115. The van der Waals surface area contributed by atoms with Gasteiger partial charge in [0, 0.05) is 24.3 Å². The molecule has 0 bridgehead atoms. The Labute approximate surface area is 161 Å². The molecule has 26 heavy (non-hydrogen) atoms. The first-order valence-corrected chi connectivity index (χ1v) is 10.6. The van der Waals surface area contributed by atoms with E-state index in [1.165, 1.54) is 18.4 Å². The maximum Gasteiger partial charge on any atom is 0.259 e. The van der Waals surface area contributed by atoms with Gasteiger partial charge in [0.15, 0.2) is 5.78 Å². The molecule has 1 spiro atoms.